The van der Waals surface area contributed by atoms with Gasteiger partial charge in [0.15, 0.2) is 0 Å². The van der Waals surface area contributed by atoms with Crippen LogP contribution in [0.2, 0.25) is 0 Å². The molecular formula is C19H15N. The van der Waals surface area contributed by atoms with Crippen LogP contribution in [0.25, 0.3) is 28.1 Å². The standard InChI is InChI=1S/C19H15N/c1-2-7-14(8-3-1)17-11-6-10-16-13-15-9-4-5-12-18(15)20-19(16)17/h1-3,5-8,10-13H,4,9H2. The Hall–Kier alpha value is -2.41. The Balaban J connectivity index is 2.01. The molecule has 0 saturated carbocycles. The first-order valence-corrected chi connectivity index (χ1v) is 7.06. The third kappa shape index (κ3) is 1.83. The highest BCUT2D eigenvalue weighted by atomic mass is 14.7. The molecule has 0 spiro atoms. The van der Waals surface area contributed by atoms with Gasteiger partial charge in [0.2, 0.25) is 0 Å². The van der Waals surface area contributed by atoms with Gasteiger partial charge >= 0.3 is 0 Å². The van der Waals surface area contributed by atoms with E-state index in [2.05, 4.69) is 60.7 Å². The molecule has 2 aromatic carbocycles. The Morgan fingerprint density at radius 1 is 0.900 bits per heavy atom. The van der Waals surface area contributed by atoms with Gasteiger partial charge in [-0.3, -0.25) is 0 Å². The third-order valence-electron chi connectivity index (χ3n) is 3.90. The van der Waals surface area contributed by atoms with Gasteiger partial charge in [-0.15, -0.1) is 0 Å². The Kier molecular flexibility index (Phi) is 2.63. The number of fused-ring (bicyclic) bond motifs is 2. The zero-order chi connectivity index (χ0) is 13.4. The van der Waals surface area contributed by atoms with E-state index in [1.807, 2.05) is 6.07 Å². The highest BCUT2D eigenvalue weighted by Gasteiger charge is 2.10. The van der Waals surface area contributed by atoms with Crippen LogP contribution in [0.1, 0.15) is 17.7 Å². The molecule has 1 aromatic heterocycles. The number of pyridine rings is 1. The van der Waals surface area contributed by atoms with Crippen molar-refractivity contribution in [2.75, 3.05) is 0 Å². The molecule has 96 valence electrons. The molecule has 1 heterocycles. The summed E-state index contributed by atoms with van der Waals surface area (Å²) in [6.07, 6.45) is 6.59. The molecule has 0 N–H and O–H groups in total. The van der Waals surface area contributed by atoms with Crippen LogP contribution in [0, 0.1) is 0 Å². The number of allylic oxidation sites excluding steroid dienone is 1. The first-order valence-electron chi connectivity index (χ1n) is 7.06. The van der Waals surface area contributed by atoms with E-state index in [1.165, 1.54) is 22.1 Å². The summed E-state index contributed by atoms with van der Waals surface area (Å²) < 4.78 is 0. The zero-order valence-electron chi connectivity index (χ0n) is 11.2. The minimum Gasteiger partial charge on any atom is -0.247 e. The number of para-hydroxylation sites is 1. The fourth-order valence-corrected chi connectivity index (χ4v) is 2.89. The molecule has 0 aliphatic heterocycles. The van der Waals surface area contributed by atoms with Gasteiger partial charge in [-0.2, -0.15) is 0 Å². The third-order valence-corrected chi connectivity index (χ3v) is 3.90. The lowest BCUT2D eigenvalue weighted by Gasteiger charge is -2.13. The maximum atomic E-state index is 4.91. The molecule has 1 aliphatic carbocycles. The number of rotatable bonds is 1. The molecule has 20 heavy (non-hydrogen) atoms. The number of nitrogens with zero attached hydrogens (tertiary/aromatic N) is 1. The van der Waals surface area contributed by atoms with Crippen molar-refractivity contribution in [1.82, 2.24) is 4.98 Å². The highest BCUT2D eigenvalue weighted by Crippen LogP contribution is 2.30. The number of benzene rings is 2. The van der Waals surface area contributed by atoms with Gasteiger partial charge in [-0.25, -0.2) is 4.98 Å². The summed E-state index contributed by atoms with van der Waals surface area (Å²) in [6.45, 7) is 0. The normalized spacial score (nSPS) is 13.4. The molecule has 1 heteroatoms. The topological polar surface area (TPSA) is 12.9 Å². The average molecular weight is 257 g/mol. The van der Waals surface area contributed by atoms with E-state index in [1.54, 1.807) is 0 Å². The van der Waals surface area contributed by atoms with Crippen molar-refractivity contribution in [3.8, 4) is 11.1 Å². The van der Waals surface area contributed by atoms with Crippen LogP contribution in [-0.4, -0.2) is 4.98 Å². The SMILES string of the molecule is C1=Cc2nc3c(-c4ccccc4)cccc3cc2CC1. The van der Waals surface area contributed by atoms with Gasteiger partial charge in [0.1, 0.15) is 0 Å². The molecule has 1 nitrogen and oxygen atoms in total. The van der Waals surface area contributed by atoms with E-state index in [0.717, 1.165) is 24.1 Å². The molecule has 0 unspecified atom stereocenters. The van der Waals surface area contributed by atoms with Gasteiger partial charge < -0.3 is 0 Å². The summed E-state index contributed by atoms with van der Waals surface area (Å²) in [7, 11) is 0. The monoisotopic (exact) mass is 257 g/mol. The molecule has 0 fully saturated rings. The van der Waals surface area contributed by atoms with Crippen LogP contribution in [-0.2, 0) is 6.42 Å². The van der Waals surface area contributed by atoms with Crippen molar-refractivity contribution < 1.29 is 0 Å². The molecule has 0 radical (unpaired) electrons. The molecule has 1 aliphatic rings. The van der Waals surface area contributed by atoms with Gasteiger partial charge in [-0.05, 0) is 36.1 Å². The van der Waals surface area contributed by atoms with E-state index in [4.69, 9.17) is 4.98 Å². The lowest BCUT2D eigenvalue weighted by atomic mass is 9.97. The summed E-state index contributed by atoms with van der Waals surface area (Å²) >= 11 is 0. The van der Waals surface area contributed by atoms with Gasteiger partial charge in [0, 0.05) is 10.9 Å². The molecule has 0 atom stereocenters. The van der Waals surface area contributed by atoms with Crippen molar-refractivity contribution >= 4 is 17.0 Å². The minimum absolute atomic E-state index is 1.10. The van der Waals surface area contributed by atoms with Crippen molar-refractivity contribution in [3.05, 3.63) is 71.9 Å². The van der Waals surface area contributed by atoms with Crippen LogP contribution < -0.4 is 0 Å². The Morgan fingerprint density at radius 3 is 2.70 bits per heavy atom. The van der Waals surface area contributed by atoms with Crippen molar-refractivity contribution in [3.63, 3.8) is 0 Å². The molecule has 3 aromatic rings. The molecule has 4 rings (SSSR count). The van der Waals surface area contributed by atoms with Gasteiger partial charge in [0.25, 0.3) is 0 Å². The fourth-order valence-electron chi connectivity index (χ4n) is 2.89. The minimum atomic E-state index is 1.10. The summed E-state index contributed by atoms with van der Waals surface area (Å²) in [5.74, 6) is 0. The number of aryl methyl sites for hydroxylation is 1. The van der Waals surface area contributed by atoms with E-state index in [-0.39, 0.29) is 0 Å². The van der Waals surface area contributed by atoms with Crippen LogP contribution in [0.4, 0.5) is 0 Å². The predicted molar refractivity (Wildman–Crippen MR) is 84.5 cm³/mol. The van der Waals surface area contributed by atoms with E-state index in [9.17, 15) is 0 Å². The number of hydrogen-bond acceptors (Lipinski definition) is 1. The second-order valence-electron chi connectivity index (χ2n) is 5.22. The van der Waals surface area contributed by atoms with Crippen molar-refractivity contribution in [1.29, 1.82) is 0 Å². The maximum Gasteiger partial charge on any atom is 0.0787 e. The van der Waals surface area contributed by atoms with Crippen molar-refractivity contribution in [2.24, 2.45) is 0 Å². The van der Waals surface area contributed by atoms with E-state index < -0.39 is 0 Å². The summed E-state index contributed by atoms with van der Waals surface area (Å²) in [5, 5.41) is 1.24. The average Bonchev–Trinajstić information content (AvgIpc) is 2.53. The Labute approximate surface area is 118 Å². The van der Waals surface area contributed by atoms with Crippen LogP contribution in [0.5, 0.6) is 0 Å². The highest BCUT2D eigenvalue weighted by molar-refractivity contribution is 5.94. The lowest BCUT2D eigenvalue weighted by Crippen LogP contribution is -1.98. The second-order valence-corrected chi connectivity index (χ2v) is 5.22. The van der Waals surface area contributed by atoms with Gasteiger partial charge in [-0.1, -0.05) is 54.6 Å². The van der Waals surface area contributed by atoms with Crippen LogP contribution in [0.3, 0.4) is 0 Å². The molecular weight excluding hydrogens is 242 g/mol. The quantitative estimate of drug-likeness (QED) is 0.606. The lowest BCUT2D eigenvalue weighted by molar-refractivity contribution is 0.972. The first kappa shape index (κ1) is 11.4. The summed E-state index contributed by atoms with van der Waals surface area (Å²) in [5.41, 5.74) is 6.04. The summed E-state index contributed by atoms with van der Waals surface area (Å²) in [4.78, 5) is 4.91. The summed E-state index contributed by atoms with van der Waals surface area (Å²) in [6, 6.07) is 19.2. The molecule has 0 saturated heterocycles. The van der Waals surface area contributed by atoms with E-state index in [0.29, 0.717) is 0 Å². The number of aromatic nitrogens is 1. The first-order chi connectivity index (χ1) is 9.92. The maximum absolute atomic E-state index is 4.91. The zero-order valence-corrected chi connectivity index (χ0v) is 11.2. The largest absolute Gasteiger partial charge is 0.247 e. The second kappa shape index (κ2) is 4.61. The smallest absolute Gasteiger partial charge is 0.0787 e. The molecule has 0 amide bonds. The van der Waals surface area contributed by atoms with Crippen molar-refractivity contribution in [2.45, 2.75) is 12.8 Å². The van der Waals surface area contributed by atoms with E-state index >= 15 is 0 Å². The van der Waals surface area contributed by atoms with Crippen LogP contribution >= 0.6 is 0 Å². The fraction of sp³-hybridized carbons (Fsp3) is 0.105. The Bertz CT molecular complexity index is 801. The van der Waals surface area contributed by atoms with Crippen LogP contribution in [0.15, 0.2) is 60.7 Å². The van der Waals surface area contributed by atoms with Gasteiger partial charge in [0.05, 0.1) is 11.2 Å². The Morgan fingerprint density at radius 2 is 1.80 bits per heavy atom. The predicted octanol–water partition coefficient (Wildman–Crippen LogP) is 4.86. The molecule has 0 bridgehead atoms. The number of hydrogen-bond donors (Lipinski definition) is 0.